The molecule has 2 N–H and O–H groups in total. The highest BCUT2D eigenvalue weighted by atomic mass is 16.5. The van der Waals surface area contributed by atoms with E-state index in [1.807, 2.05) is 18.2 Å². The summed E-state index contributed by atoms with van der Waals surface area (Å²) in [6.45, 7) is 2.09. The van der Waals surface area contributed by atoms with Gasteiger partial charge in [-0.25, -0.2) is 0 Å². The predicted octanol–water partition coefficient (Wildman–Crippen LogP) is 1.10. The molecule has 0 heterocycles. The maximum atomic E-state index is 5.19. The van der Waals surface area contributed by atoms with Crippen molar-refractivity contribution in [3.8, 4) is 5.75 Å². The van der Waals surface area contributed by atoms with Gasteiger partial charge < -0.3 is 4.74 Å². The number of aryl methyl sites for hydroxylation is 1. The Bertz CT molecular complexity index is 284. The molecule has 0 atom stereocenters. The Morgan fingerprint density at radius 1 is 1.50 bits per heavy atom. The second kappa shape index (κ2) is 3.85. The smallest absolute Gasteiger partial charge is 0.171 e. The molecule has 1 aromatic rings. The number of nitrogens with two attached hydrogens (primary N) is 1. The summed E-state index contributed by atoms with van der Waals surface area (Å²) >= 11 is 0. The van der Waals surface area contributed by atoms with Crippen LogP contribution in [0, 0.1) is 0 Å². The quantitative estimate of drug-likeness (QED) is 0.670. The minimum absolute atomic E-state index is 0.705. The highest BCUT2D eigenvalue weighted by Gasteiger charge is 2.03. The van der Waals surface area contributed by atoms with Gasteiger partial charge >= 0.3 is 0 Å². The van der Waals surface area contributed by atoms with E-state index in [1.165, 1.54) is 5.56 Å². The van der Waals surface area contributed by atoms with Crippen LogP contribution in [0.1, 0.15) is 12.5 Å². The largest absolute Gasteiger partial charge is 0.494 e. The van der Waals surface area contributed by atoms with Crippen molar-refractivity contribution in [1.29, 1.82) is 0 Å². The molecular formula is C9H13N2O+. The van der Waals surface area contributed by atoms with Gasteiger partial charge in [-0.15, -0.1) is 0 Å². The average molecular weight is 165 g/mol. The summed E-state index contributed by atoms with van der Waals surface area (Å²) in [6.07, 6.45) is 0.979. The maximum absolute atomic E-state index is 5.19. The molecule has 0 aliphatic carbocycles. The number of ether oxygens (including phenoxy) is 1. The third-order valence-electron chi connectivity index (χ3n) is 1.79. The number of hydrogen-bond donors (Lipinski definition) is 1. The van der Waals surface area contributed by atoms with Crippen LogP contribution in [-0.4, -0.2) is 7.11 Å². The van der Waals surface area contributed by atoms with Gasteiger partial charge in [0, 0.05) is 0 Å². The van der Waals surface area contributed by atoms with Crippen LogP contribution in [0.25, 0.3) is 0 Å². The van der Waals surface area contributed by atoms with Crippen molar-refractivity contribution in [3.05, 3.63) is 23.8 Å². The van der Waals surface area contributed by atoms with Crippen molar-refractivity contribution in [1.82, 2.24) is 0 Å². The zero-order valence-electron chi connectivity index (χ0n) is 7.37. The number of nitrogens with zero attached hydrogens (tertiary/aromatic N) is 1. The van der Waals surface area contributed by atoms with Crippen molar-refractivity contribution < 1.29 is 10.3 Å². The molecular weight excluding hydrogens is 152 g/mol. The number of rotatable bonds is 3. The lowest BCUT2D eigenvalue weighted by Crippen LogP contribution is -2.22. The van der Waals surface area contributed by atoms with Crippen LogP contribution in [0.4, 0.5) is 5.69 Å². The molecule has 0 amide bonds. The van der Waals surface area contributed by atoms with Crippen LogP contribution < -0.4 is 10.3 Å². The van der Waals surface area contributed by atoms with Crippen molar-refractivity contribution in [2.45, 2.75) is 13.3 Å². The summed E-state index contributed by atoms with van der Waals surface area (Å²) in [6, 6.07) is 5.82. The number of benzene rings is 1. The SMILES string of the molecule is CCc1ccc(OC)c(N=[NH2+])c1. The Morgan fingerprint density at radius 2 is 2.25 bits per heavy atom. The van der Waals surface area contributed by atoms with Gasteiger partial charge in [-0.2, -0.15) is 5.53 Å². The van der Waals surface area contributed by atoms with Gasteiger partial charge in [-0.05, 0) is 29.2 Å². The molecule has 0 spiro atoms. The molecule has 12 heavy (non-hydrogen) atoms. The zero-order valence-corrected chi connectivity index (χ0v) is 7.37. The fourth-order valence-corrected chi connectivity index (χ4v) is 1.06. The molecule has 0 unspecified atom stereocenters. The lowest BCUT2D eigenvalue weighted by atomic mass is 10.1. The first-order valence-corrected chi connectivity index (χ1v) is 3.89. The third kappa shape index (κ3) is 1.61. The molecule has 0 aliphatic rings. The van der Waals surface area contributed by atoms with E-state index >= 15 is 0 Å². The molecule has 64 valence electrons. The molecule has 0 aromatic heterocycles. The number of methoxy groups -OCH3 is 1. The summed E-state index contributed by atoms with van der Waals surface area (Å²) in [5.74, 6) is 0.717. The summed E-state index contributed by atoms with van der Waals surface area (Å²) in [5.41, 5.74) is 7.11. The second-order valence-electron chi connectivity index (χ2n) is 2.49. The predicted molar refractivity (Wildman–Crippen MR) is 46.4 cm³/mol. The number of hydrogen-bond acceptors (Lipinski definition) is 2. The normalized spacial score (nSPS) is 9.50. The Balaban J connectivity index is 3.10. The van der Waals surface area contributed by atoms with Gasteiger partial charge in [0.15, 0.2) is 11.4 Å². The Hall–Kier alpha value is -1.38. The van der Waals surface area contributed by atoms with Crippen molar-refractivity contribution in [2.75, 3.05) is 7.11 Å². The molecule has 0 fully saturated rings. The molecule has 1 rings (SSSR count). The van der Waals surface area contributed by atoms with E-state index < -0.39 is 0 Å². The van der Waals surface area contributed by atoms with E-state index in [-0.39, 0.29) is 0 Å². The van der Waals surface area contributed by atoms with Crippen LogP contribution in [0.5, 0.6) is 5.75 Å². The maximum Gasteiger partial charge on any atom is 0.171 e. The Kier molecular flexibility index (Phi) is 2.80. The average Bonchev–Trinajstić information content (AvgIpc) is 2.16. The van der Waals surface area contributed by atoms with E-state index in [0.29, 0.717) is 5.69 Å². The van der Waals surface area contributed by atoms with E-state index in [0.717, 1.165) is 12.2 Å². The van der Waals surface area contributed by atoms with Crippen molar-refractivity contribution in [3.63, 3.8) is 0 Å². The third-order valence-corrected chi connectivity index (χ3v) is 1.79. The standard InChI is InChI=1S/C9H12N2O/c1-3-7-4-5-9(12-2)8(6-7)11-10/h4-6,10H,3H2,1-2H3/p+1. The Morgan fingerprint density at radius 3 is 2.75 bits per heavy atom. The summed E-state index contributed by atoms with van der Waals surface area (Å²) in [4.78, 5) is 0. The molecule has 3 heteroatoms. The fourth-order valence-electron chi connectivity index (χ4n) is 1.06. The van der Waals surface area contributed by atoms with Gasteiger partial charge in [0.1, 0.15) is 0 Å². The van der Waals surface area contributed by atoms with Gasteiger partial charge in [0.05, 0.1) is 7.11 Å². The molecule has 0 saturated heterocycles. The van der Waals surface area contributed by atoms with Crippen molar-refractivity contribution in [2.24, 2.45) is 5.11 Å². The molecule has 1 aromatic carbocycles. The molecule has 0 bridgehead atoms. The van der Waals surface area contributed by atoms with E-state index in [9.17, 15) is 0 Å². The minimum Gasteiger partial charge on any atom is -0.494 e. The monoisotopic (exact) mass is 165 g/mol. The summed E-state index contributed by atoms with van der Waals surface area (Å²) < 4.78 is 5.06. The lowest BCUT2D eigenvalue weighted by molar-refractivity contribution is -0.210. The first kappa shape index (κ1) is 8.71. The van der Waals surface area contributed by atoms with Crippen LogP contribution in [0.3, 0.4) is 0 Å². The highest BCUT2D eigenvalue weighted by Crippen LogP contribution is 2.27. The van der Waals surface area contributed by atoms with Gasteiger partial charge in [-0.1, -0.05) is 13.0 Å². The lowest BCUT2D eigenvalue weighted by Gasteiger charge is -2.02. The first-order valence-electron chi connectivity index (χ1n) is 3.89. The first-order chi connectivity index (χ1) is 5.81. The van der Waals surface area contributed by atoms with Gasteiger partial charge in [0.25, 0.3) is 0 Å². The Labute approximate surface area is 71.9 Å². The second-order valence-corrected chi connectivity index (χ2v) is 2.49. The molecule has 0 aliphatic heterocycles. The van der Waals surface area contributed by atoms with Crippen LogP contribution in [0.2, 0.25) is 0 Å². The van der Waals surface area contributed by atoms with E-state index in [2.05, 4.69) is 12.0 Å². The van der Waals surface area contributed by atoms with Gasteiger partial charge in [-0.3, -0.25) is 0 Å². The molecule has 0 saturated carbocycles. The molecule has 0 radical (unpaired) electrons. The van der Waals surface area contributed by atoms with E-state index in [1.54, 1.807) is 7.11 Å². The van der Waals surface area contributed by atoms with Crippen molar-refractivity contribution >= 4 is 5.69 Å². The van der Waals surface area contributed by atoms with Crippen LogP contribution >= 0.6 is 0 Å². The summed E-state index contributed by atoms with van der Waals surface area (Å²) in [5, 5.41) is 3.62. The van der Waals surface area contributed by atoms with E-state index in [4.69, 9.17) is 10.3 Å². The van der Waals surface area contributed by atoms with Crippen LogP contribution in [0.15, 0.2) is 23.3 Å². The fraction of sp³-hybridized carbons (Fsp3) is 0.333. The topological polar surface area (TPSA) is 47.2 Å². The molecule has 3 nitrogen and oxygen atoms in total. The van der Waals surface area contributed by atoms with Gasteiger partial charge in [0.2, 0.25) is 0 Å². The summed E-state index contributed by atoms with van der Waals surface area (Å²) in [7, 11) is 1.61. The zero-order chi connectivity index (χ0) is 8.97. The minimum atomic E-state index is 0.705. The van der Waals surface area contributed by atoms with Crippen LogP contribution in [-0.2, 0) is 6.42 Å². The highest BCUT2D eigenvalue weighted by molar-refractivity contribution is 5.52.